The molecule has 3 rings (SSSR count). The van der Waals surface area contributed by atoms with Crippen LogP contribution in [0.4, 0.5) is 0 Å². The van der Waals surface area contributed by atoms with Gasteiger partial charge in [-0.05, 0) is 31.0 Å². The van der Waals surface area contributed by atoms with E-state index >= 15 is 0 Å². The van der Waals surface area contributed by atoms with E-state index in [0.29, 0.717) is 18.7 Å². The summed E-state index contributed by atoms with van der Waals surface area (Å²) >= 11 is 0. The monoisotopic (exact) mass is 327 g/mol. The maximum Gasteiger partial charge on any atom is 0.253 e. The Bertz CT molecular complexity index is 767. The fourth-order valence-corrected chi connectivity index (χ4v) is 2.96. The van der Waals surface area contributed by atoms with Crippen molar-refractivity contribution in [3.63, 3.8) is 0 Å². The summed E-state index contributed by atoms with van der Waals surface area (Å²) in [7, 11) is 1.61. The van der Waals surface area contributed by atoms with Crippen LogP contribution in [0.3, 0.4) is 0 Å². The summed E-state index contributed by atoms with van der Waals surface area (Å²) in [5.41, 5.74) is 1.34. The predicted octanol–water partition coefficient (Wildman–Crippen LogP) is 1.98. The first-order valence-electron chi connectivity index (χ1n) is 8.07. The van der Waals surface area contributed by atoms with E-state index in [2.05, 4.69) is 10.3 Å². The molecule has 1 aliphatic rings. The van der Waals surface area contributed by atoms with Crippen LogP contribution in [0.1, 0.15) is 30.1 Å². The van der Waals surface area contributed by atoms with Crippen LogP contribution < -0.4 is 10.1 Å². The van der Waals surface area contributed by atoms with Crippen LogP contribution in [0, 0.1) is 0 Å². The van der Waals surface area contributed by atoms with Gasteiger partial charge < -0.3 is 15.0 Å². The van der Waals surface area contributed by atoms with E-state index in [1.165, 1.54) is 0 Å². The van der Waals surface area contributed by atoms with Gasteiger partial charge in [-0.2, -0.15) is 0 Å². The molecule has 1 aliphatic heterocycles. The predicted molar refractivity (Wildman–Crippen MR) is 91.0 cm³/mol. The van der Waals surface area contributed by atoms with Crippen LogP contribution >= 0.6 is 0 Å². The number of ether oxygens (including phenoxy) is 1. The molecule has 126 valence electrons. The summed E-state index contributed by atoms with van der Waals surface area (Å²) in [5, 5.41) is 3.94. The number of benzene rings is 1. The number of amides is 2. The number of piperidine rings is 1. The number of hydrogen-bond acceptors (Lipinski definition) is 4. The second-order valence-corrected chi connectivity index (χ2v) is 6.04. The zero-order valence-corrected chi connectivity index (χ0v) is 13.9. The molecular weight excluding hydrogens is 306 g/mol. The van der Waals surface area contributed by atoms with Crippen LogP contribution in [0.15, 0.2) is 30.5 Å². The minimum Gasteiger partial charge on any atom is -0.497 e. The first-order valence-corrected chi connectivity index (χ1v) is 8.07. The van der Waals surface area contributed by atoms with Crippen LogP contribution in [0.5, 0.6) is 5.75 Å². The lowest BCUT2D eigenvalue weighted by Crippen LogP contribution is -2.46. The summed E-state index contributed by atoms with van der Waals surface area (Å²) < 4.78 is 5.18. The number of methoxy groups -OCH3 is 1. The van der Waals surface area contributed by atoms with Crippen LogP contribution in [-0.4, -0.2) is 47.9 Å². The van der Waals surface area contributed by atoms with Crippen molar-refractivity contribution in [3.05, 3.63) is 36.0 Å². The third-order valence-corrected chi connectivity index (χ3v) is 4.43. The van der Waals surface area contributed by atoms with Crippen molar-refractivity contribution >= 4 is 22.7 Å². The highest BCUT2D eigenvalue weighted by Crippen LogP contribution is 2.20. The SMILES string of the molecule is COc1ccc2cc(C(=O)NC3CCN(C(C)=O)CC3)cnc2c1. The van der Waals surface area contributed by atoms with Crippen molar-refractivity contribution in [2.24, 2.45) is 0 Å². The number of fused-ring (bicyclic) bond motifs is 1. The molecule has 0 unspecified atom stereocenters. The maximum atomic E-state index is 12.4. The number of nitrogens with one attached hydrogen (secondary N) is 1. The molecule has 0 aliphatic carbocycles. The van der Waals surface area contributed by atoms with Gasteiger partial charge >= 0.3 is 0 Å². The molecule has 6 nitrogen and oxygen atoms in total. The van der Waals surface area contributed by atoms with E-state index in [1.54, 1.807) is 20.2 Å². The van der Waals surface area contributed by atoms with E-state index in [4.69, 9.17) is 4.74 Å². The molecule has 24 heavy (non-hydrogen) atoms. The van der Waals surface area contributed by atoms with Crippen molar-refractivity contribution in [2.45, 2.75) is 25.8 Å². The summed E-state index contributed by atoms with van der Waals surface area (Å²) in [4.78, 5) is 29.9. The zero-order valence-electron chi connectivity index (χ0n) is 13.9. The Labute approximate surface area is 140 Å². The lowest BCUT2D eigenvalue weighted by atomic mass is 10.0. The molecule has 0 saturated carbocycles. The van der Waals surface area contributed by atoms with Crippen LogP contribution in [-0.2, 0) is 4.79 Å². The smallest absolute Gasteiger partial charge is 0.253 e. The lowest BCUT2D eigenvalue weighted by Gasteiger charge is -2.31. The first-order chi connectivity index (χ1) is 11.6. The van der Waals surface area contributed by atoms with E-state index < -0.39 is 0 Å². The average molecular weight is 327 g/mol. The fourth-order valence-electron chi connectivity index (χ4n) is 2.96. The Kier molecular flexibility index (Phi) is 4.64. The Morgan fingerprint density at radius 3 is 2.67 bits per heavy atom. The van der Waals surface area contributed by atoms with Gasteiger partial charge in [-0.25, -0.2) is 0 Å². The Morgan fingerprint density at radius 2 is 2.00 bits per heavy atom. The standard InChI is InChI=1S/C18H21N3O3/c1-12(22)21-7-5-15(6-8-21)20-18(23)14-9-13-3-4-16(24-2)10-17(13)19-11-14/h3-4,9-11,15H,5-8H2,1-2H3,(H,20,23). The molecule has 2 heterocycles. The van der Waals surface area contributed by atoms with E-state index in [0.717, 1.165) is 29.5 Å². The highest BCUT2D eigenvalue weighted by atomic mass is 16.5. The van der Waals surface area contributed by atoms with Gasteiger partial charge in [-0.15, -0.1) is 0 Å². The van der Waals surface area contributed by atoms with Gasteiger partial charge in [0.25, 0.3) is 5.91 Å². The number of likely N-dealkylation sites (tertiary alicyclic amines) is 1. The molecule has 2 amide bonds. The molecule has 0 atom stereocenters. The van der Waals surface area contributed by atoms with Gasteiger partial charge in [0, 0.05) is 43.7 Å². The molecule has 0 spiro atoms. The van der Waals surface area contributed by atoms with Crippen molar-refractivity contribution in [2.75, 3.05) is 20.2 Å². The van der Waals surface area contributed by atoms with Crippen molar-refractivity contribution < 1.29 is 14.3 Å². The van der Waals surface area contributed by atoms with Gasteiger partial charge in [0.2, 0.25) is 5.91 Å². The average Bonchev–Trinajstić information content (AvgIpc) is 2.61. The molecule has 1 saturated heterocycles. The number of carbonyl (C=O) groups excluding carboxylic acids is 2. The number of hydrogen-bond donors (Lipinski definition) is 1. The zero-order chi connectivity index (χ0) is 17.1. The third kappa shape index (κ3) is 3.48. The molecule has 2 aromatic rings. The van der Waals surface area contributed by atoms with E-state index in [1.807, 2.05) is 29.2 Å². The lowest BCUT2D eigenvalue weighted by molar-refractivity contribution is -0.129. The van der Waals surface area contributed by atoms with Gasteiger partial charge in [0.1, 0.15) is 5.75 Å². The number of rotatable bonds is 3. The second kappa shape index (κ2) is 6.86. The Balaban J connectivity index is 1.67. The third-order valence-electron chi connectivity index (χ3n) is 4.43. The number of carbonyl (C=O) groups is 2. The summed E-state index contributed by atoms with van der Waals surface area (Å²) in [6, 6.07) is 7.52. The molecule has 0 radical (unpaired) electrons. The highest BCUT2D eigenvalue weighted by Gasteiger charge is 2.22. The number of nitrogens with zero attached hydrogens (tertiary/aromatic N) is 2. The molecule has 1 N–H and O–H groups in total. The van der Waals surface area contributed by atoms with Crippen LogP contribution in [0.2, 0.25) is 0 Å². The van der Waals surface area contributed by atoms with Crippen LogP contribution in [0.25, 0.3) is 10.9 Å². The van der Waals surface area contributed by atoms with Crippen molar-refractivity contribution in [3.8, 4) is 5.75 Å². The number of aromatic nitrogens is 1. The van der Waals surface area contributed by atoms with Gasteiger partial charge in [0.15, 0.2) is 0 Å². The minimum absolute atomic E-state index is 0.0916. The van der Waals surface area contributed by atoms with Gasteiger partial charge in [0.05, 0.1) is 18.2 Å². The van der Waals surface area contributed by atoms with Gasteiger partial charge in [-0.1, -0.05) is 0 Å². The normalized spacial score (nSPS) is 15.3. The highest BCUT2D eigenvalue weighted by molar-refractivity contribution is 5.97. The fraction of sp³-hybridized carbons (Fsp3) is 0.389. The van der Waals surface area contributed by atoms with Gasteiger partial charge in [-0.3, -0.25) is 14.6 Å². The second-order valence-electron chi connectivity index (χ2n) is 6.04. The van der Waals surface area contributed by atoms with Crippen molar-refractivity contribution in [1.29, 1.82) is 0 Å². The molecule has 1 fully saturated rings. The van der Waals surface area contributed by atoms with Crippen molar-refractivity contribution in [1.82, 2.24) is 15.2 Å². The molecular formula is C18H21N3O3. The largest absolute Gasteiger partial charge is 0.497 e. The maximum absolute atomic E-state index is 12.4. The van der Waals surface area contributed by atoms with E-state index in [-0.39, 0.29) is 17.9 Å². The number of pyridine rings is 1. The quantitative estimate of drug-likeness (QED) is 0.936. The molecule has 1 aromatic heterocycles. The summed E-state index contributed by atoms with van der Waals surface area (Å²) in [5.74, 6) is 0.708. The molecule has 6 heteroatoms. The van der Waals surface area contributed by atoms with E-state index in [9.17, 15) is 9.59 Å². The summed E-state index contributed by atoms with van der Waals surface area (Å²) in [6.07, 6.45) is 3.15. The Hall–Kier alpha value is -2.63. The topological polar surface area (TPSA) is 71.5 Å². The first kappa shape index (κ1) is 16.2. The molecule has 1 aromatic carbocycles. The minimum atomic E-state index is -0.124. The summed E-state index contributed by atoms with van der Waals surface area (Å²) in [6.45, 7) is 2.96. The Morgan fingerprint density at radius 1 is 1.25 bits per heavy atom. The molecule has 0 bridgehead atoms.